The number of rotatable bonds is 4. The Hall–Kier alpha value is -4.07. The van der Waals surface area contributed by atoms with Crippen LogP contribution in [0.1, 0.15) is 17.3 Å². The van der Waals surface area contributed by atoms with Crippen LogP contribution >= 0.6 is 0 Å². The largest absolute Gasteiger partial charge is 0.427 e. The lowest BCUT2D eigenvalue weighted by Crippen LogP contribution is -2.46. The number of Topliss-reactive ketones (excluding diaryl/α,β-unsaturated/α-hetero) is 1. The Morgan fingerprint density at radius 2 is 1.62 bits per heavy atom. The van der Waals surface area contributed by atoms with Crippen molar-refractivity contribution in [1.82, 2.24) is 5.01 Å². The monoisotopic (exact) mass is 429 g/mol. The molecule has 2 aromatic carbocycles. The number of ether oxygens (including phenoxy) is 1. The minimum absolute atomic E-state index is 0.317. The van der Waals surface area contributed by atoms with Crippen molar-refractivity contribution in [3.05, 3.63) is 72.3 Å². The molecule has 8 heteroatoms. The summed E-state index contributed by atoms with van der Waals surface area (Å²) in [7, 11) is 0. The Kier molecular flexibility index (Phi) is 4.70. The quantitative estimate of drug-likeness (QED) is 0.320. The Bertz CT molecular complexity index is 1170. The van der Waals surface area contributed by atoms with Gasteiger partial charge in [-0.15, -0.1) is 0 Å². The number of nitrogens with zero attached hydrogens (tertiary/aromatic N) is 3. The second kappa shape index (κ2) is 7.56. The van der Waals surface area contributed by atoms with E-state index in [4.69, 9.17) is 4.74 Å². The first-order valence-electron chi connectivity index (χ1n) is 10.2. The van der Waals surface area contributed by atoms with Gasteiger partial charge in [0.05, 0.1) is 23.6 Å². The molecular formula is C24H19N3O5. The van der Waals surface area contributed by atoms with Crippen LogP contribution in [0, 0.1) is 11.8 Å². The summed E-state index contributed by atoms with van der Waals surface area (Å²) in [4.78, 5) is 52.7. The Balaban J connectivity index is 1.52. The predicted octanol–water partition coefficient (Wildman–Crippen LogP) is 2.21. The molecule has 0 N–H and O–H groups in total. The van der Waals surface area contributed by atoms with Crippen LogP contribution in [0.4, 0.5) is 5.69 Å². The van der Waals surface area contributed by atoms with Crippen molar-refractivity contribution in [2.75, 3.05) is 4.90 Å². The molecule has 2 amide bonds. The SMILES string of the molecule is CC(=O)Oc1ccc(C(=O)[C@H]2[C@H]3C(=O)N(c4ccccc4)C(=O)[C@H]3[C@@H]3C=CC=NN32)cc1. The third-order valence-corrected chi connectivity index (χ3v) is 5.97. The molecule has 3 aliphatic heterocycles. The zero-order chi connectivity index (χ0) is 22.4. The molecule has 32 heavy (non-hydrogen) atoms. The molecule has 0 bridgehead atoms. The summed E-state index contributed by atoms with van der Waals surface area (Å²) in [5.41, 5.74) is 0.831. The molecule has 2 aromatic rings. The van der Waals surface area contributed by atoms with Crippen molar-refractivity contribution in [1.29, 1.82) is 0 Å². The number of hydrogen-bond donors (Lipinski definition) is 0. The van der Waals surface area contributed by atoms with E-state index in [9.17, 15) is 19.2 Å². The highest BCUT2D eigenvalue weighted by Gasteiger charge is 2.64. The third-order valence-electron chi connectivity index (χ3n) is 5.97. The average Bonchev–Trinajstić information content (AvgIpc) is 3.27. The predicted molar refractivity (Wildman–Crippen MR) is 115 cm³/mol. The van der Waals surface area contributed by atoms with E-state index in [-0.39, 0.29) is 11.7 Å². The van der Waals surface area contributed by atoms with Gasteiger partial charge < -0.3 is 4.74 Å². The number of ketones is 1. The van der Waals surface area contributed by atoms with Gasteiger partial charge in [-0.3, -0.25) is 24.2 Å². The van der Waals surface area contributed by atoms with Crippen molar-refractivity contribution < 1.29 is 23.9 Å². The van der Waals surface area contributed by atoms with Crippen LogP contribution in [-0.2, 0) is 14.4 Å². The van der Waals surface area contributed by atoms with Crippen molar-refractivity contribution in [3.63, 3.8) is 0 Å². The molecule has 3 heterocycles. The number of anilines is 1. The molecule has 160 valence electrons. The molecule has 3 aliphatic rings. The topological polar surface area (TPSA) is 96.3 Å². The number of carbonyl (C=O) groups is 4. The molecule has 4 atom stereocenters. The first-order valence-corrected chi connectivity index (χ1v) is 10.2. The molecule has 2 fully saturated rings. The highest BCUT2D eigenvalue weighted by Crippen LogP contribution is 2.46. The number of carbonyl (C=O) groups excluding carboxylic acids is 4. The van der Waals surface area contributed by atoms with E-state index < -0.39 is 35.8 Å². The van der Waals surface area contributed by atoms with E-state index in [1.165, 1.54) is 24.0 Å². The number of esters is 1. The first kappa shape index (κ1) is 19.9. The van der Waals surface area contributed by atoms with Gasteiger partial charge in [0.15, 0.2) is 5.78 Å². The molecule has 0 saturated carbocycles. The lowest BCUT2D eigenvalue weighted by Gasteiger charge is -2.30. The maximum absolute atomic E-state index is 13.5. The Morgan fingerprint density at radius 1 is 0.938 bits per heavy atom. The van der Waals surface area contributed by atoms with E-state index in [1.54, 1.807) is 59.8 Å². The molecule has 2 saturated heterocycles. The fraction of sp³-hybridized carbons (Fsp3) is 0.208. The standard InChI is InChI=1S/C24H19N3O5/c1-14(28)32-17-11-9-15(10-12-17)22(29)21-20-19(18-8-5-13-25-27(18)21)23(30)26(24(20)31)16-6-3-2-4-7-16/h2-13,18-21H,1H3/t18-,19-,20-,21+/m0/s1. The number of amides is 2. The number of benzene rings is 2. The molecule has 0 unspecified atom stereocenters. The van der Waals surface area contributed by atoms with Gasteiger partial charge in [-0.2, -0.15) is 5.10 Å². The molecule has 0 spiro atoms. The number of para-hydroxylation sites is 1. The van der Waals surface area contributed by atoms with Crippen LogP contribution in [0.5, 0.6) is 5.75 Å². The number of allylic oxidation sites excluding steroid dienone is 1. The van der Waals surface area contributed by atoms with Gasteiger partial charge >= 0.3 is 5.97 Å². The smallest absolute Gasteiger partial charge is 0.308 e. The summed E-state index contributed by atoms with van der Waals surface area (Å²) in [5.74, 6) is -2.75. The van der Waals surface area contributed by atoms with E-state index in [2.05, 4.69) is 5.10 Å². The summed E-state index contributed by atoms with van der Waals surface area (Å²) >= 11 is 0. The molecule has 5 rings (SSSR count). The molecule has 0 aliphatic carbocycles. The normalized spacial score (nSPS) is 25.7. The average molecular weight is 429 g/mol. The number of hydrogen-bond acceptors (Lipinski definition) is 7. The van der Waals surface area contributed by atoms with Gasteiger partial charge in [0.1, 0.15) is 11.8 Å². The van der Waals surface area contributed by atoms with Gasteiger partial charge in [0.2, 0.25) is 11.8 Å². The minimum Gasteiger partial charge on any atom is -0.427 e. The Labute approximate surface area is 183 Å². The Morgan fingerprint density at radius 3 is 2.31 bits per heavy atom. The van der Waals surface area contributed by atoms with Gasteiger partial charge in [-0.05, 0) is 42.5 Å². The van der Waals surface area contributed by atoms with Crippen LogP contribution in [0.15, 0.2) is 71.9 Å². The van der Waals surface area contributed by atoms with Crippen LogP contribution in [-0.4, -0.2) is 46.9 Å². The van der Waals surface area contributed by atoms with Crippen molar-refractivity contribution in [3.8, 4) is 5.75 Å². The van der Waals surface area contributed by atoms with Gasteiger partial charge in [0.25, 0.3) is 0 Å². The maximum Gasteiger partial charge on any atom is 0.308 e. The number of imide groups is 1. The zero-order valence-corrected chi connectivity index (χ0v) is 17.1. The van der Waals surface area contributed by atoms with Crippen LogP contribution in [0.3, 0.4) is 0 Å². The van der Waals surface area contributed by atoms with Crippen molar-refractivity contribution in [2.45, 2.75) is 19.0 Å². The molecule has 0 radical (unpaired) electrons. The van der Waals surface area contributed by atoms with E-state index in [0.717, 1.165) is 0 Å². The van der Waals surface area contributed by atoms with E-state index in [0.29, 0.717) is 17.0 Å². The third kappa shape index (κ3) is 3.03. The van der Waals surface area contributed by atoms with Gasteiger partial charge in [-0.1, -0.05) is 24.3 Å². The zero-order valence-electron chi connectivity index (χ0n) is 17.1. The minimum atomic E-state index is -0.920. The van der Waals surface area contributed by atoms with Gasteiger partial charge in [0, 0.05) is 18.7 Å². The first-order chi connectivity index (χ1) is 15.5. The molecule has 8 nitrogen and oxygen atoms in total. The van der Waals surface area contributed by atoms with E-state index in [1.807, 2.05) is 6.07 Å². The number of hydrazone groups is 1. The van der Waals surface area contributed by atoms with E-state index >= 15 is 0 Å². The number of fused-ring (bicyclic) bond motifs is 3. The van der Waals surface area contributed by atoms with Crippen molar-refractivity contribution in [2.24, 2.45) is 16.9 Å². The summed E-state index contributed by atoms with van der Waals surface area (Å²) in [6.07, 6.45) is 5.08. The van der Waals surface area contributed by atoms with Crippen LogP contribution in [0.2, 0.25) is 0 Å². The molecular weight excluding hydrogens is 410 g/mol. The summed E-state index contributed by atoms with van der Waals surface area (Å²) in [6.45, 7) is 1.29. The molecule has 0 aromatic heterocycles. The maximum atomic E-state index is 13.5. The van der Waals surface area contributed by atoms with Crippen molar-refractivity contribution >= 4 is 35.5 Å². The fourth-order valence-corrected chi connectivity index (χ4v) is 4.69. The van der Waals surface area contributed by atoms with Gasteiger partial charge in [-0.25, -0.2) is 4.90 Å². The lowest BCUT2D eigenvalue weighted by atomic mass is 9.86. The second-order valence-corrected chi connectivity index (χ2v) is 7.85. The lowest BCUT2D eigenvalue weighted by molar-refractivity contribution is -0.132. The summed E-state index contributed by atoms with van der Waals surface area (Å²) in [6, 6.07) is 13.5. The van der Waals surface area contributed by atoms with Crippen LogP contribution < -0.4 is 9.64 Å². The summed E-state index contributed by atoms with van der Waals surface area (Å²) < 4.78 is 5.03. The highest BCUT2D eigenvalue weighted by molar-refractivity contribution is 6.24. The fourth-order valence-electron chi connectivity index (χ4n) is 4.69. The highest BCUT2D eigenvalue weighted by atomic mass is 16.5. The second-order valence-electron chi connectivity index (χ2n) is 7.85. The van der Waals surface area contributed by atoms with Crippen LogP contribution in [0.25, 0.3) is 0 Å². The summed E-state index contributed by atoms with van der Waals surface area (Å²) in [5, 5.41) is 5.90.